The van der Waals surface area contributed by atoms with E-state index in [1.54, 1.807) is 11.3 Å². The lowest BCUT2D eigenvalue weighted by atomic mass is 9.89. The van der Waals surface area contributed by atoms with Crippen molar-refractivity contribution in [3.05, 3.63) is 16.0 Å². The second kappa shape index (κ2) is 7.64. The standard InChI is InChI=1S/C18H25N3O2S/c1-12-3-4-14-15(10-19)18(24-16(14)9-12)20-17(22)5-6-21-7-8-23-13(2)11-21/h12-13H,3-9,11H2,1-2H3,(H,20,22)/t12-,13+/m0/s1. The number of thiophene rings is 1. The predicted octanol–water partition coefficient (Wildman–Crippen LogP) is 2.79. The Kier molecular flexibility index (Phi) is 5.54. The lowest BCUT2D eigenvalue weighted by Crippen LogP contribution is -2.42. The Morgan fingerprint density at radius 1 is 1.50 bits per heavy atom. The smallest absolute Gasteiger partial charge is 0.226 e. The number of rotatable bonds is 4. The topological polar surface area (TPSA) is 65.4 Å². The highest BCUT2D eigenvalue weighted by Gasteiger charge is 2.25. The molecule has 5 nitrogen and oxygen atoms in total. The van der Waals surface area contributed by atoms with Crippen molar-refractivity contribution in [1.29, 1.82) is 5.26 Å². The molecule has 1 fully saturated rings. The van der Waals surface area contributed by atoms with Gasteiger partial charge in [0.25, 0.3) is 0 Å². The Morgan fingerprint density at radius 2 is 2.33 bits per heavy atom. The number of carbonyl (C=O) groups excluding carboxylic acids is 1. The number of nitriles is 1. The van der Waals surface area contributed by atoms with Gasteiger partial charge in [-0.2, -0.15) is 5.26 Å². The molecular weight excluding hydrogens is 322 g/mol. The van der Waals surface area contributed by atoms with Gasteiger partial charge in [-0.25, -0.2) is 0 Å². The second-order valence-electron chi connectivity index (χ2n) is 6.95. The Bertz CT molecular complexity index is 649. The fourth-order valence-corrected chi connectivity index (χ4v) is 4.88. The SMILES string of the molecule is C[C@H]1CCc2c(sc(NC(=O)CCN3CCO[C@H](C)C3)c2C#N)C1. The molecule has 1 amide bonds. The fraction of sp³-hybridized carbons (Fsp3) is 0.667. The molecule has 0 bridgehead atoms. The molecular formula is C18H25N3O2S. The van der Waals surface area contributed by atoms with Crippen LogP contribution in [0, 0.1) is 17.2 Å². The van der Waals surface area contributed by atoms with E-state index in [2.05, 4.69) is 30.1 Å². The number of anilines is 1. The first-order valence-electron chi connectivity index (χ1n) is 8.75. The number of hydrogen-bond donors (Lipinski definition) is 1. The minimum atomic E-state index is -0.00251. The van der Waals surface area contributed by atoms with E-state index in [1.807, 2.05) is 0 Å². The van der Waals surface area contributed by atoms with Crippen LogP contribution >= 0.6 is 11.3 Å². The molecule has 1 saturated heterocycles. The van der Waals surface area contributed by atoms with Crippen molar-refractivity contribution >= 4 is 22.2 Å². The van der Waals surface area contributed by atoms with E-state index in [-0.39, 0.29) is 12.0 Å². The third kappa shape index (κ3) is 3.97. The van der Waals surface area contributed by atoms with Gasteiger partial charge in [0.2, 0.25) is 5.91 Å². The number of nitrogens with one attached hydrogen (secondary N) is 1. The lowest BCUT2D eigenvalue weighted by Gasteiger charge is -2.30. The van der Waals surface area contributed by atoms with Crippen molar-refractivity contribution in [2.75, 3.05) is 31.6 Å². The maximum absolute atomic E-state index is 12.3. The van der Waals surface area contributed by atoms with Crippen LogP contribution in [0.4, 0.5) is 5.00 Å². The van der Waals surface area contributed by atoms with E-state index in [1.165, 1.54) is 4.88 Å². The summed E-state index contributed by atoms with van der Waals surface area (Å²) in [5.41, 5.74) is 1.85. The van der Waals surface area contributed by atoms with Gasteiger partial charge < -0.3 is 10.1 Å². The first-order chi connectivity index (χ1) is 11.6. The van der Waals surface area contributed by atoms with Crippen LogP contribution in [0.1, 0.15) is 42.7 Å². The number of hydrogen-bond acceptors (Lipinski definition) is 5. The molecule has 0 spiro atoms. The van der Waals surface area contributed by atoms with Crippen LogP contribution < -0.4 is 5.32 Å². The van der Waals surface area contributed by atoms with Gasteiger partial charge in [-0.1, -0.05) is 6.92 Å². The Morgan fingerprint density at radius 3 is 3.08 bits per heavy atom. The van der Waals surface area contributed by atoms with Gasteiger partial charge in [-0.3, -0.25) is 9.69 Å². The van der Waals surface area contributed by atoms with E-state index in [0.29, 0.717) is 17.9 Å². The van der Waals surface area contributed by atoms with Gasteiger partial charge in [0.05, 0.1) is 18.3 Å². The molecule has 3 rings (SSSR count). The minimum absolute atomic E-state index is 0.00251. The molecule has 0 radical (unpaired) electrons. The summed E-state index contributed by atoms with van der Waals surface area (Å²) in [6.07, 6.45) is 3.80. The van der Waals surface area contributed by atoms with Crippen molar-refractivity contribution in [2.24, 2.45) is 5.92 Å². The zero-order chi connectivity index (χ0) is 17.1. The van der Waals surface area contributed by atoms with E-state index < -0.39 is 0 Å². The van der Waals surface area contributed by atoms with Gasteiger partial charge >= 0.3 is 0 Å². The van der Waals surface area contributed by atoms with Crippen molar-refractivity contribution in [2.45, 2.75) is 45.6 Å². The highest BCUT2D eigenvalue weighted by atomic mass is 32.1. The summed E-state index contributed by atoms with van der Waals surface area (Å²) in [7, 11) is 0. The summed E-state index contributed by atoms with van der Waals surface area (Å²) in [5, 5.41) is 13.2. The minimum Gasteiger partial charge on any atom is -0.376 e. The molecule has 1 aliphatic carbocycles. The third-order valence-electron chi connectivity index (χ3n) is 4.86. The molecule has 2 aliphatic rings. The van der Waals surface area contributed by atoms with Crippen LogP contribution in [-0.2, 0) is 22.4 Å². The lowest BCUT2D eigenvalue weighted by molar-refractivity contribution is -0.117. The van der Waals surface area contributed by atoms with Crippen molar-refractivity contribution in [3.63, 3.8) is 0 Å². The Hall–Kier alpha value is -1.42. The van der Waals surface area contributed by atoms with Crippen molar-refractivity contribution in [1.82, 2.24) is 4.90 Å². The number of nitrogens with zero attached hydrogens (tertiary/aromatic N) is 2. The van der Waals surface area contributed by atoms with Crippen LogP contribution in [0.5, 0.6) is 0 Å². The first-order valence-corrected chi connectivity index (χ1v) is 9.57. The second-order valence-corrected chi connectivity index (χ2v) is 8.05. The number of amides is 1. The van der Waals surface area contributed by atoms with E-state index in [4.69, 9.17) is 4.74 Å². The molecule has 2 atom stereocenters. The molecule has 1 aromatic rings. The predicted molar refractivity (Wildman–Crippen MR) is 95.3 cm³/mol. The molecule has 130 valence electrons. The van der Waals surface area contributed by atoms with E-state index in [9.17, 15) is 10.1 Å². The average Bonchev–Trinajstić information content (AvgIpc) is 2.89. The van der Waals surface area contributed by atoms with Crippen LogP contribution in [0.3, 0.4) is 0 Å². The number of fused-ring (bicyclic) bond motifs is 1. The van der Waals surface area contributed by atoms with Crippen LogP contribution in [0.2, 0.25) is 0 Å². The summed E-state index contributed by atoms with van der Waals surface area (Å²) in [6, 6.07) is 2.30. The summed E-state index contributed by atoms with van der Waals surface area (Å²) >= 11 is 1.59. The highest BCUT2D eigenvalue weighted by molar-refractivity contribution is 7.16. The number of ether oxygens (including phenoxy) is 1. The molecule has 1 N–H and O–H groups in total. The van der Waals surface area contributed by atoms with Crippen molar-refractivity contribution < 1.29 is 9.53 Å². The van der Waals surface area contributed by atoms with Crippen LogP contribution in [-0.4, -0.2) is 43.2 Å². The molecule has 0 unspecified atom stereocenters. The fourth-order valence-electron chi connectivity index (χ4n) is 3.50. The normalized spacial score (nSPS) is 24.2. The maximum Gasteiger partial charge on any atom is 0.226 e. The molecule has 0 saturated carbocycles. The quantitative estimate of drug-likeness (QED) is 0.909. The Labute approximate surface area is 147 Å². The zero-order valence-corrected chi connectivity index (χ0v) is 15.2. The van der Waals surface area contributed by atoms with E-state index >= 15 is 0 Å². The molecule has 24 heavy (non-hydrogen) atoms. The van der Waals surface area contributed by atoms with Gasteiger partial charge in [0, 0.05) is 30.9 Å². The Balaban J connectivity index is 1.59. The number of carbonyl (C=O) groups is 1. The first kappa shape index (κ1) is 17.4. The zero-order valence-electron chi connectivity index (χ0n) is 14.4. The highest BCUT2D eigenvalue weighted by Crippen LogP contribution is 2.39. The third-order valence-corrected chi connectivity index (χ3v) is 6.03. The van der Waals surface area contributed by atoms with Gasteiger partial charge in [0.1, 0.15) is 11.1 Å². The molecule has 6 heteroatoms. The molecule has 1 aromatic heterocycles. The van der Waals surface area contributed by atoms with Gasteiger partial charge in [-0.05, 0) is 37.7 Å². The molecule has 1 aliphatic heterocycles. The van der Waals surface area contributed by atoms with Crippen molar-refractivity contribution in [3.8, 4) is 6.07 Å². The summed E-state index contributed by atoms with van der Waals surface area (Å²) < 4.78 is 5.52. The largest absolute Gasteiger partial charge is 0.376 e. The van der Waals surface area contributed by atoms with Crippen LogP contribution in [0.15, 0.2) is 0 Å². The monoisotopic (exact) mass is 347 g/mol. The summed E-state index contributed by atoms with van der Waals surface area (Å²) in [5.74, 6) is 0.659. The number of morpholine rings is 1. The van der Waals surface area contributed by atoms with E-state index in [0.717, 1.165) is 56.1 Å². The van der Waals surface area contributed by atoms with Gasteiger partial charge in [0.15, 0.2) is 0 Å². The van der Waals surface area contributed by atoms with Gasteiger partial charge in [-0.15, -0.1) is 11.3 Å². The summed E-state index contributed by atoms with van der Waals surface area (Å²) in [4.78, 5) is 15.9. The summed E-state index contributed by atoms with van der Waals surface area (Å²) in [6.45, 7) is 7.54. The average molecular weight is 347 g/mol. The molecule has 0 aromatic carbocycles. The molecule has 2 heterocycles. The maximum atomic E-state index is 12.3. The van der Waals surface area contributed by atoms with Crippen LogP contribution in [0.25, 0.3) is 0 Å².